The largest absolute Gasteiger partial charge is 0.478 e. The maximum Gasteiger partial charge on any atom is 0.336 e. The molecule has 0 aliphatic heterocycles. The molecular formula is C30H32ClNO3S. The number of halogens is 1. The van der Waals surface area contributed by atoms with Gasteiger partial charge in [-0.2, -0.15) is 0 Å². The number of unbranched alkanes of at least 4 members (excludes halogenated alkanes) is 3. The molecule has 1 aliphatic rings. The number of ketones is 1. The molecular weight excluding hydrogens is 490 g/mol. The summed E-state index contributed by atoms with van der Waals surface area (Å²) in [6.07, 6.45) is 6.94. The van der Waals surface area contributed by atoms with Crippen LogP contribution < -0.4 is 5.32 Å². The number of nitrogens with one attached hydrogen (secondary N) is 1. The highest BCUT2D eigenvalue weighted by Crippen LogP contribution is 2.43. The average molecular weight is 522 g/mol. The number of anilines is 1. The van der Waals surface area contributed by atoms with Gasteiger partial charge in [0.1, 0.15) is 0 Å². The van der Waals surface area contributed by atoms with E-state index in [1.54, 1.807) is 36.0 Å². The van der Waals surface area contributed by atoms with E-state index in [4.69, 9.17) is 11.6 Å². The van der Waals surface area contributed by atoms with Crippen LogP contribution in [0.4, 0.5) is 5.69 Å². The van der Waals surface area contributed by atoms with Gasteiger partial charge in [0.25, 0.3) is 0 Å². The molecule has 1 fully saturated rings. The predicted molar refractivity (Wildman–Crippen MR) is 149 cm³/mol. The summed E-state index contributed by atoms with van der Waals surface area (Å²) in [5.74, 6) is 0.276. The molecule has 1 saturated carbocycles. The Kier molecular flexibility index (Phi) is 9.11. The highest BCUT2D eigenvalue weighted by atomic mass is 35.5. The van der Waals surface area contributed by atoms with E-state index in [1.807, 2.05) is 24.3 Å². The van der Waals surface area contributed by atoms with E-state index >= 15 is 0 Å². The van der Waals surface area contributed by atoms with E-state index in [-0.39, 0.29) is 17.4 Å². The van der Waals surface area contributed by atoms with Gasteiger partial charge in [0.15, 0.2) is 5.78 Å². The lowest BCUT2D eigenvalue weighted by Gasteiger charge is -2.20. The molecule has 3 aromatic rings. The predicted octanol–water partition coefficient (Wildman–Crippen LogP) is 8.50. The Bertz CT molecular complexity index is 1190. The van der Waals surface area contributed by atoms with Gasteiger partial charge in [-0.1, -0.05) is 49.9 Å². The number of rotatable bonds is 13. The van der Waals surface area contributed by atoms with Crippen molar-refractivity contribution in [3.63, 3.8) is 0 Å². The quantitative estimate of drug-likeness (QED) is 0.134. The topological polar surface area (TPSA) is 66.4 Å². The van der Waals surface area contributed by atoms with Gasteiger partial charge in [0.05, 0.1) is 11.6 Å². The normalized spacial score (nSPS) is 13.8. The first kappa shape index (κ1) is 26.3. The van der Waals surface area contributed by atoms with Crippen molar-refractivity contribution in [3.05, 3.63) is 94.0 Å². The molecule has 4 nitrogen and oxygen atoms in total. The fourth-order valence-corrected chi connectivity index (χ4v) is 5.47. The first-order chi connectivity index (χ1) is 17.5. The number of aromatic carboxylic acids is 1. The molecule has 4 rings (SSSR count). The van der Waals surface area contributed by atoms with Crippen molar-refractivity contribution in [3.8, 4) is 0 Å². The highest BCUT2D eigenvalue weighted by molar-refractivity contribution is 7.99. The zero-order valence-corrected chi connectivity index (χ0v) is 22.1. The zero-order chi connectivity index (χ0) is 25.5. The smallest absolute Gasteiger partial charge is 0.336 e. The molecule has 2 N–H and O–H groups in total. The van der Waals surface area contributed by atoms with Gasteiger partial charge in [-0.25, -0.2) is 4.79 Å². The molecule has 0 aromatic heterocycles. The standard InChI is InChI=1S/C30H32ClNO3S/c1-2-3-4-5-18-36-27-17-12-23(19-26(27)30(34)35)29(33)22-10-15-25(16-11-22)32-28(20-6-7-20)21-8-13-24(31)14-9-21/h8-17,19-20,28,32H,2-7,18H2,1H3,(H,34,35). The van der Waals surface area contributed by atoms with Crippen LogP contribution in [-0.4, -0.2) is 22.6 Å². The monoisotopic (exact) mass is 521 g/mol. The summed E-state index contributed by atoms with van der Waals surface area (Å²) in [4.78, 5) is 25.7. The number of carboxylic acids is 1. The van der Waals surface area contributed by atoms with Gasteiger partial charge >= 0.3 is 5.97 Å². The summed E-state index contributed by atoms with van der Waals surface area (Å²) in [5.41, 5.74) is 3.26. The summed E-state index contributed by atoms with van der Waals surface area (Å²) < 4.78 is 0. The van der Waals surface area contributed by atoms with Crippen LogP contribution in [0.25, 0.3) is 0 Å². The molecule has 0 spiro atoms. The molecule has 6 heteroatoms. The molecule has 0 radical (unpaired) electrons. The van der Waals surface area contributed by atoms with Crippen LogP contribution in [0, 0.1) is 5.92 Å². The Labute approximate surface area is 222 Å². The van der Waals surface area contributed by atoms with Crippen molar-refractivity contribution in [2.24, 2.45) is 5.92 Å². The minimum Gasteiger partial charge on any atom is -0.478 e. The average Bonchev–Trinajstić information content (AvgIpc) is 3.73. The molecule has 36 heavy (non-hydrogen) atoms. The minimum atomic E-state index is -1.01. The lowest BCUT2D eigenvalue weighted by Crippen LogP contribution is -2.13. The third-order valence-electron chi connectivity index (χ3n) is 6.52. The maximum atomic E-state index is 13.1. The molecule has 0 heterocycles. The maximum absolute atomic E-state index is 13.1. The second-order valence-corrected chi connectivity index (χ2v) is 10.9. The van der Waals surface area contributed by atoms with Crippen LogP contribution >= 0.6 is 23.4 Å². The first-order valence-corrected chi connectivity index (χ1v) is 14.0. The molecule has 1 atom stereocenters. The lowest BCUT2D eigenvalue weighted by atomic mass is 10.00. The van der Waals surface area contributed by atoms with Crippen molar-refractivity contribution >= 4 is 40.8 Å². The van der Waals surface area contributed by atoms with Crippen molar-refractivity contribution in [2.75, 3.05) is 11.1 Å². The Morgan fingerprint density at radius 2 is 1.67 bits per heavy atom. The van der Waals surface area contributed by atoms with Crippen LogP contribution in [0.5, 0.6) is 0 Å². The van der Waals surface area contributed by atoms with Gasteiger partial charge in [-0.3, -0.25) is 4.79 Å². The van der Waals surface area contributed by atoms with E-state index in [9.17, 15) is 14.7 Å². The first-order valence-electron chi connectivity index (χ1n) is 12.6. The van der Waals surface area contributed by atoms with Crippen molar-refractivity contribution < 1.29 is 14.7 Å². The van der Waals surface area contributed by atoms with Gasteiger partial charge < -0.3 is 10.4 Å². The Morgan fingerprint density at radius 1 is 0.972 bits per heavy atom. The van der Waals surface area contributed by atoms with Gasteiger partial charge in [0, 0.05) is 26.7 Å². The molecule has 1 unspecified atom stereocenters. The van der Waals surface area contributed by atoms with E-state index in [2.05, 4.69) is 24.4 Å². The molecule has 1 aliphatic carbocycles. The second kappa shape index (κ2) is 12.5. The second-order valence-electron chi connectivity index (χ2n) is 9.34. The molecule has 0 bridgehead atoms. The van der Waals surface area contributed by atoms with Crippen LogP contribution in [0.3, 0.4) is 0 Å². The highest BCUT2D eigenvalue weighted by Gasteiger charge is 2.32. The van der Waals surface area contributed by atoms with Crippen molar-refractivity contribution in [1.82, 2.24) is 0 Å². The number of hydrogen-bond donors (Lipinski definition) is 2. The summed E-state index contributed by atoms with van der Waals surface area (Å²) >= 11 is 7.61. The third-order valence-corrected chi connectivity index (χ3v) is 7.93. The number of thioether (sulfide) groups is 1. The Morgan fingerprint density at radius 3 is 2.31 bits per heavy atom. The molecule has 188 valence electrons. The fourth-order valence-electron chi connectivity index (χ4n) is 4.31. The van der Waals surface area contributed by atoms with Gasteiger partial charge in [-0.15, -0.1) is 11.8 Å². The van der Waals surface area contributed by atoms with Gasteiger partial charge in [0.2, 0.25) is 0 Å². The number of benzene rings is 3. The Hall–Kier alpha value is -2.76. The molecule has 3 aromatic carbocycles. The third kappa shape index (κ3) is 6.92. The van der Waals surface area contributed by atoms with Crippen molar-refractivity contribution in [2.45, 2.75) is 56.4 Å². The fraction of sp³-hybridized carbons (Fsp3) is 0.333. The summed E-state index contributed by atoms with van der Waals surface area (Å²) in [6.45, 7) is 2.17. The van der Waals surface area contributed by atoms with E-state index in [0.29, 0.717) is 21.9 Å². The van der Waals surface area contributed by atoms with Crippen LogP contribution in [0.1, 0.15) is 83.3 Å². The number of carbonyl (C=O) groups excluding carboxylic acids is 1. The number of hydrogen-bond acceptors (Lipinski definition) is 4. The minimum absolute atomic E-state index is 0.181. The number of carboxylic acid groups (broad SMARTS) is 1. The summed E-state index contributed by atoms with van der Waals surface area (Å²) in [6, 6.07) is 20.6. The molecule has 0 saturated heterocycles. The van der Waals surface area contributed by atoms with Crippen LogP contribution in [-0.2, 0) is 0 Å². The van der Waals surface area contributed by atoms with E-state index in [1.165, 1.54) is 37.3 Å². The lowest BCUT2D eigenvalue weighted by molar-refractivity contribution is 0.0693. The van der Waals surface area contributed by atoms with Crippen molar-refractivity contribution in [1.29, 1.82) is 0 Å². The van der Waals surface area contributed by atoms with Crippen LogP contribution in [0.15, 0.2) is 71.6 Å². The van der Waals surface area contributed by atoms with E-state index in [0.717, 1.165) is 29.3 Å². The summed E-state index contributed by atoms with van der Waals surface area (Å²) in [5, 5.41) is 14.1. The van der Waals surface area contributed by atoms with E-state index < -0.39 is 5.97 Å². The summed E-state index contributed by atoms with van der Waals surface area (Å²) in [7, 11) is 0. The van der Waals surface area contributed by atoms with Crippen LogP contribution in [0.2, 0.25) is 5.02 Å². The van der Waals surface area contributed by atoms with Gasteiger partial charge in [-0.05, 0) is 91.1 Å². The molecule has 0 amide bonds. The SMILES string of the molecule is CCCCCCSc1ccc(C(=O)c2ccc(NC(c3ccc(Cl)cc3)C3CC3)cc2)cc1C(=O)O. The zero-order valence-electron chi connectivity index (χ0n) is 20.5. The number of carbonyl (C=O) groups is 2. The Balaban J connectivity index is 1.44.